The molecule has 0 atom stereocenters. The monoisotopic (exact) mass is 268 g/mol. The van der Waals surface area contributed by atoms with Crippen LogP contribution in [0.15, 0.2) is 24.3 Å². The molecule has 0 bridgehead atoms. The van der Waals surface area contributed by atoms with Gasteiger partial charge in [0, 0.05) is 31.5 Å². The molecule has 4 nitrogen and oxygen atoms in total. The number of anilines is 1. The molecule has 0 aliphatic carbocycles. The molecule has 0 spiro atoms. The predicted octanol–water partition coefficient (Wildman–Crippen LogP) is 1.79. The molecule has 0 amide bonds. The molecule has 0 fully saturated rings. The second-order valence-corrected chi connectivity index (χ2v) is 4.24. The molecule has 0 radical (unpaired) electrons. The SMILES string of the molecule is COCCOCCCNc1ccccc1C(N)=S. The first-order valence-corrected chi connectivity index (χ1v) is 6.36. The van der Waals surface area contributed by atoms with Gasteiger partial charge in [0.25, 0.3) is 0 Å². The maximum absolute atomic E-state index is 5.65. The zero-order valence-corrected chi connectivity index (χ0v) is 11.5. The normalized spacial score (nSPS) is 10.3. The number of benzene rings is 1. The summed E-state index contributed by atoms with van der Waals surface area (Å²) in [5.74, 6) is 0. The molecule has 0 unspecified atom stereocenters. The largest absolute Gasteiger partial charge is 0.389 e. The molecule has 5 heteroatoms. The Bertz CT molecular complexity index is 372. The summed E-state index contributed by atoms with van der Waals surface area (Å²) in [4.78, 5) is 0.412. The van der Waals surface area contributed by atoms with E-state index in [9.17, 15) is 0 Å². The van der Waals surface area contributed by atoms with Crippen molar-refractivity contribution in [1.82, 2.24) is 0 Å². The molecule has 0 saturated heterocycles. The predicted molar refractivity (Wildman–Crippen MR) is 78.1 cm³/mol. The van der Waals surface area contributed by atoms with Gasteiger partial charge in [0.2, 0.25) is 0 Å². The van der Waals surface area contributed by atoms with Gasteiger partial charge >= 0.3 is 0 Å². The van der Waals surface area contributed by atoms with E-state index in [-0.39, 0.29) is 0 Å². The van der Waals surface area contributed by atoms with Gasteiger partial charge in [0.1, 0.15) is 4.99 Å². The van der Waals surface area contributed by atoms with Gasteiger partial charge in [0.15, 0.2) is 0 Å². The molecule has 0 heterocycles. The van der Waals surface area contributed by atoms with Crippen molar-refractivity contribution in [2.75, 3.05) is 38.8 Å². The first-order valence-electron chi connectivity index (χ1n) is 5.95. The average Bonchev–Trinajstić information content (AvgIpc) is 2.38. The van der Waals surface area contributed by atoms with Crippen molar-refractivity contribution in [3.05, 3.63) is 29.8 Å². The van der Waals surface area contributed by atoms with Crippen LogP contribution in [0.5, 0.6) is 0 Å². The van der Waals surface area contributed by atoms with Crippen LogP contribution < -0.4 is 11.1 Å². The second kappa shape index (κ2) is 8.85. The summed E-state index contributed by atoms with van der Waals surface area (Å²) >= 11 is 5.00. The lowest BCUT2D eigenvalue weighted by Crippen LogP contribution is -2.14. The van der Waals surface area contributed by atoms with E-state index in [1.54, 1.807) is 7.11 Å². The highest BCUT2D eigenvalue weighted by molar-refractivity contribution is 7.80. The van der Waals surface area contributed by atoms with Crippen LogP contribution in [0.2, 0.25) is 0 Å². The summed E-state index contributed by atoms with van der Waals surface area (Å²) in [5.41, 5.74) is 7.51. The fourth-order valence-electron chi connectivity index (χ4n) is 1.49. The van der Waals surface area contributed by atoms with Crippen LogP contribution in [0.25, 0.3) is 0 Å². The highest BCUT2D eigenvalue weighted by Gasteiger charge is 2.02. The van der Waals surface area contributed by atoms with Gasteiger partial charge in [0.05, 0.1) is 13.2 Å². The van der Waals surface area contributed by atoms with Crippen molar-refractivity contribution < 1.29 is 9.47 Å². The third-order valence-electron chi connectivity index (χ3n) is 2.41. The van der Waals surface area contributed by atoms with Crippen LogP contribution in [-0.2, 0) is 9.47 Å². The van der Waals surface area contributed by atoms with Gasteiger partial charge in [-0.1, -0.05) is 24.4 Å². The molecular formula is C13H20N2O2S. The van der Waals surface area contributed by atoms with Crippen molar-refractivity contribution in [2.45, 2.75) is 6.42 Å². The smallest absolute Gasteiger partial charge is 0.106 e. The Hall–Kier alpha value is -1.17. The fourth-order valence-corrected chi connectivity index (χ4v) is 1.67. The van der Waals surface area contributed by atoms with Crippen LogP contribution in [-0.4, -0.2) is 38.5 Å². The Labute approximate surface area is 113 Å². The van der Waals surface area contributed by atoms with Gasteiger partial charge in [-0.2, -0.15) is 0 Å². The van der Waals surface area contributed by atoms with E-state index in [0.29, 0.717) is 24.8 Å². The number of para-hydroxylation sites is 1. The van der Waals surface area contributed by atoms with Gasteiger partial charge in [-0.25, -0.2) is 0 Å². The minimum atomic E-state index is 0.412. The molecule has 0 saturated carbocycles. The summed E-state index contributed by atoms with van der Waals surface area (Å²) in [6.07, 6.45) is 0.926. The quantitative estimate of drug-likeness (QED) is 0.528. The number of thiocarbonyl (C=S) groups is 1. The molecule has 3 N–H and O–H groups in total. The van der Waals surface area contributed by atoms with Crippen molar-refractivity contribution in [3.63, 3.8) is 0 Å². The minimum Gasteiger partial charge on any atom is -0.389 e. The van der Waals surface area contributed by atoms with Gasteiger partial charge in [-0.3, -0.25) is 0 Å². The summed E-state index contributed by atoms with van der Waals surface area (Å²) in [6, 6.07) is 7.77. The van der Waals surface area contributed by atoms with Crippen LogP contribution >= 0.6 is 12.2 Å². The van der Waals surface area contributed by atoms with Gasteiger partial charge in [-0.05, 0) is 18.6 Å². The lowest BCUT2D eigenvalue weighted by molar-refractivity contribution is 0.0705. The van der Waals surface area contributed by atoms with Crippen molar-refractivity contribution in [1.29, 1.82) is 0 Å². The fraction of sp³-hybridized carbons (Fsp3) is 0.462. The topological polar surface area (TPSA) is 56.5 Å². The number of hydrogen-bond donors (Lipinski definition) is 2. The summed E-state index contributed by atoms with van der Waals surface area (Å²) in [5, 5.41) is 3.31. The number of methoxy groups -OCH3 is 1. The van der Waals surface area contributed by atoms with Crippen molar-refractivity contribution in [3.8, 4) is 0 Å². The molecule has 0 aliphatic rings. The Morgan fingerprint density at radius 3 is 2.78 bits per heavy atom. The zero-order valence-electron chi connectivity index (χ0n) is 10.6. The standard InChI is InChI=1S/C13H20N2O2S/c1-16-9-10-17-8-4-7-15-12-6-3-2-5-11(12)13(14)18/h2-3,5-6,15H,4,7-10H2,1H3,(H2,14,18). The van der Waals surface area contributed by atoms with E-state index in [2.05, 4.69) is 5.32 Å². The number of nitrogens with two attached hydrogens (primary N) is 1. The van der Waals surface area contributed by atoms with E-state index in [1.807, 2.05) is 24.3 Å². The second-order valence-electron chi connectivity index (χ2n) is 3.80. The van der Waals surface area contributed by atoms with Crippen LogP contribution in [0.4, 0.5) is 5.69 Å². The van der Waals surface area contributed by atoms with E-state index in [1.165, 1.54) is 0 Å². The number of ether oxygens (including phenoxy) is 2. The molecule has 0 aliphatic heterocycles. The van der Waals surface area contributed by atoms with Crippen LogP contribution in [0.1, 0.15) is 12.0 Å². The van der Waals surface area contributed by atoms with Gasteiger partial charge in [-0.15, -0.1) is 0 Å². The highest BCUT2D eigenvalue weighted by atomic mass is 32.1. The maximum atomic E-state index is 5.65. The van der Waals surface area contributed by atoms with Crippen molar-refractivity contribution >= 4 is 22.9 Å². The highest BCUT2D eigenvalue weighted by Crippen LogP contribution is 2.14. The molecule has 0 aromatic heterocycles. The molecule has 18 heavy (non-hydrogen) atoms. The Kier molecular flexibility index (Phi) is 7.32. The van der Waals surface area contributed by atoms with Crippen molar-refractivity contribution in [2.24, 2.45) is 5.73 Å². The summed E-state index contributed by atoms with van der Waals surface area (Å²) in [7, 11) is 1.66. The maximum Gasteiger partial charge on any atom is 0.106 e. The summed E-state index contributed by atoms with van der Waals surface area (Å²) in [6.45, 7) is 2.82. The lowest BCUT2D eigenvalue weighted by Gasteiger charge is -2.11. The van der Waals surface area contributed by atoms with E-state index >= 15 is 0 Å². The number of hydrogen-bond acceptors (Lipinski definition) is 4. The number of rotatable bonds is 9. The Morgan fingerprint density at radius 2 is 2.06 bits per heavy atom. The van der Waals surface area contributed by atoms with Crippen LogP contribution in [0, 0.1) is 0 Å². The Balaban J connectivity index is 2.25. The van der Waals surface area contributed by atoms with E-state index < -0.39 is 0 Å². The van der Waals surface area contributed by atoms with E-state index in [4.69, 9.17) is 27.4 Å². The lowest BCUT2D eigenvalue weighted by atomic mass is 10.2. The van der Waals surface area contributed by atoms with E-state index in [0.717, 1.165) is 24.2 Å². The first kappa shape index (κ1) is 14.9. The third kappa shape index (κ3) is 5.44. The molecule has 1 aromatic carbocycles. The number of nitrogens with one attached hydrogen (secondary N) is 1. The zero-order chi connectivity index (χ0) is 13.2. The Morgan fingerprint density at radius 1 is 1.28 bits per heavy atom. The molecule has 1 rings (SSSR count). The van der Waals surface area contributed by atoms with Gasteiger partial charge < -0.3 is 20.5 Å². The molecular weight excluding hydrogens is 248 g/mol. The molecule has 1 aromatic rings. The first-order chi connectivity index (χ1) is 8.75. The van der Waals surface area contributed by atoms with Crippen LogP contribution in [0.3, 0.4) is 0 Å². The average molecular weight is 268 g/mol. The minimum absolute atomic E-state index is 0.412. The third-order valence-corrected chi connectivity index (χ3v) is 2.63. The summed E-state index contributed by atoms with van der Waals surface area (Å²) < 4.78 is 10.3. The molecule has 100 valence electrons.